The molecule has 0 bridgehead atoms. The molecule has 2 N–H and O–H groups in total. The molecule has 0 unspecified atom stereocenters. The van der Waals surface area contributed by atoms with Crippen LogP contribution in [0.4, 0.5) is 0 Å². The molecule has 7 heteroatoms. The average molecular weight is 330 g/mol. The SMILES string of the molecule is O=C(O)CN(CC1CC1)C1CC(NCc2ncc(Cl)s2)C1. The molecular formula is C14H20ClN3O2S. The summed E-state index contributed by atoms with van der Waals surface area (Å²) in [6.07, 6.45) is 6.25. The van der Waals surface area contributed by atoms with Crippen LogP contribution in [0.15, 0.2) is 6.20 Å². The third kappa shape index (κ3) is 4.39. The van der Waals surface area contributed by atoms with Gasteiger partial charge in [-0.3, -0.25) is 9.69 Å². The van der Waals surface area contributed by atoms with Gasteiger partial charge < -0.3 is 10.4 Å². The first-order valence-electron chi connectivity index (χ1n) is 7.39. The van der Waals surface area contributed by atoms with Gasteiger partial charge >= 0.3 is 5.97 Å². The molecule has 2 aliphatic rings. The zero-order valence-electron chi connectivity index (χ0n) is 11.8. The number of thiazole rings is 1. The van der Waals surface area contributed by atoms with Crippen molar-refractivity contribution in [2.75, 3.05) is 13.1 Å². The highest BCUT2D eigenvalue weighted by molar-refractivity contribution is 7.15. The Hall–Kier alpha value is -0.690. The Kier molecular flexibility index (Phi) is 4.78. The lowest BCUT2D eigenvalue weighted by molar-refractivity contribution is -0.139. The van der Waals surface area contributed by atoms with Crippen LogP contribution in [-0.2, 0) is 11.3 Å². The van der Waals surface area contributed by atoms with Crippen LogP contribution >= 0.6 is 22.9 Å². The summed E-state index contributed by atoms with van der Waals surface area (Å²) in [4.78, 5) is 17.3. The fourth-order valence-corrected chi connectivity index (χ4v) is 3.71. The lowest BCUT2D eigenvalue weighted by Crippen LogP contribution is -2.54. The van der Waals surface area contributed by atoms with E-state index in [-0.39, 0.29) is 6.54 Å². The van der Waals surface area contributed by atoms with Crippen molar-refractivity contribution in [3.05, 3.63) is 15.5 Å². The van der Waals surface area contributed by atoms with E-state index in [0.29, 0.717) is 12.1 Å². The fourth-order valence-electron chi connectivity index (χ4n) is 2.80. The monoisotopic (exact) mass is 329 g/mol. The Labute approximate surface area is 133 Å². The molecule has 5 nitrogen and oxygen atoms in total. The Morgan fingerprint density at radius 3 is 2.86 bits per heavy atom. The maximum atomic E-state index is 11.0. The second kappa shape index (κ2) is 6.60. The first kappa shape index (κ1) is 15.2. The number of carbonyl (C=O) groups is 1. The molecule has 0 spiro atoms. The third-order valence-corrected chi connectivity index (χ3v) is 5.34. The quantitative estimate of drug-likeness (QED) is 0.765. The van der Waals surface area contributed by atoms with Crippen molar-refractivity contribution >= 4 is 28.9 Å². The van der Waals surface area contributed by atoms with E-state index in [1.807, 2.05) is 0 Å². The van der Waals surface area contributed by atoms with Gasteiger partial charge in [0.1, 0.15) is 9.34 Å². The number of aromatic nitrogens is 1. The van der Waals surface area contributed by atoms with Crippen LogP contribution in [0, 0.1) is 5.92 Å². The number of nitrogens with zero attached hydrogens (tertiary/aromatic N) is 2. The Morgan fingerprint density at radius 1 is 1.52 bits per heavy atom. The molecule has 2 aliphatic carbocycles. The maximum absolute atomic E-state index is 11.0. The fraction of sp³-hybridized carbons (Fsp3) is 0.714. The predicted octanol–water partition coefficient (Wildman–Crippen LogP) is 2.21. The largest absolute Gasteiger partial charge is 0.480 e. The first-order chi connectivity index (χ1) is 10.1. The summed E-state index contributed by atoms with van der Waals surface area (Å²) in [6.45, 7) is 1.87. The Balaban J connectivity index is 1.41. The lowest BCUT2D eigenvalue weighted by atomic mass is 9.85. The minimum atomic E-state index is -0.718. The second-order valence-electron chi connectivity index (χ2n) is 6.03. The Morgan fingerprint density at radius 2 is 2.29 bits per heavy atom. The van der Waals surface area contributed by atoms with Crippen molar-refractivity contribution in [2.24, 2.45) is 5.92 Å². The molecule has 116 valence electrons. The minimum absolute atomic E-state index is 0.177. The summed E-state index contributed by atoms with van der Waals surface area (Å²) >= 11 is 7.36. The molecule has 1 heterocycles. The molecule has 0 atom stereocenters. The number of carboxylic acids is 1. The van der Waals surface area contributed by atoms with Crippen LogP contribution < -0.4 is 5.32 Å². The normalized spacial score (nSPS) is 25.0. The van der Waals surface area contributed by atoms with Gasteiger partial charge in [0.05, 0.1) is 12.7 Å². The van der Waals surface area contributed by atoms with E-state index in [1.165, 1.54) is 24.2 Å². The lowest BCUT2D eigenvalue weighted by Gasteiger charge is -2.42. The first-order valence-corrected chi connectivity index (χ1v) is 8.59. The minimum Gasteiger partial charge on any atom is -0.480 e. The summed E-state index contributed by atoms with van der Waals surface area (Å²) in [7, 11) is 0. The topological polar surface area (TPSA) is 65.5 Å². The number of aliphatic carboxylic acids is 1. The summed E-state index contributed by atoms with van der Waals surface area (Å²) in [6, 6.07) is 0.882. The van der Waals surface area contributed by atoms with Gasteiger partial charge in [-0.25, -0.2) is 4.98 Å². The smallest absolute Gasteiger partial charge is 0.317 e. The molecule has 2 fully saturated rings. The molecule has 1 aromatic rings. The van der Waals surface area contributed by atoms with Gasteiger partial charge in [0.15, 0.2) is 0 Å². The zero-order valence-corrected chi connectivity index (χ0v) is 13.4. The van der Waals surface area contributed by atoms with Gasteiger partial charge in [0, 0.05) is 25.2 Å². The molecular weight excluding hydrogens is 310 g/mol. The number of rotatable bonds is 8. The molecule has 0 radical (unpaired) electrons. The second-order valence-corrected chi connectivity index (χ2v) is 7.77. The summed E-state index contributed by atoms with van der Waals surface area (Å²) < 4.78 is 0.718. The van der Waals surface area contributed by atoms with Gasteiger partial charge in [0.2, 0.25) is 0 Å². The molecule has 1 aromatic heterocycles. The van der Waals surface area contributed by atoms with Crippen LogP contribution in [0.3, 0.4) is 0 Å². The highest BCUT2D eigenvalue weighted by Gasteiger charge is 2.36. The van der Waals surface area contributed by atoms with Crippen molar-refractivity contribution in [1.82, 2.24) is 15.2 Å². The highest BCUT2D eigenvalue weighted by atomic mass is 35.5. The van der Waals surface area contributed by atoms with E-state index in [2.05, 4.69) is 15.2 Å². The average Bonchev–Trinajstić information content (AvgIpc) is 3.07. The van der Waals surface area contributed by atoms with Crippen molar-refractivity contribution in [2.45, 2.75) is 44.3 Å². The van der Waals surface area contributed by atoms with E-state index in [4.69, 9.17) is 16.7 Å². The van der Waals surface area contributed by atoms with Crippen molar-refractivity contribution in [3.63, 3.8) is 0 Å². The van der Waals surface area contributed by atoms with Crippen LogP contribution in [0.25, 0.3) is 0 Å². The van der Waals surface area contributed by atoms with Crippen LogP contribution in [0.2, 0.25) is 4.34 Å². The van der Waals surface area contributed by atoms with Crippen LogP contribution in [0.5, 0.6) is 0 Å². The van der Waals surface area contributed by atoms with Gasteiger partial charge in [0.25, 0.3) is 0 Å². The maximum Gasteiger partial charge on any atom is 0.317 e. The van der Waals surface area contributed by atoms with Crippen LogP contribution in [-0.4, -0.2) is 46.1 Å². The van der Waals surface area contributed by atoms with Gasteiger partial charge in [-0.05, 0) is 31.6 Å². The summed E-state index contributed by atoms with van der Waals surface area (Å²) in [5.74, 6) is 0.0123. The number of hydrogen-bond donors (Lipinski definition) is 2. The van der Waals surface area contributed by atoms with Crippen LogP contribution in [0.1, 0.15) is 30.7 Å². The van der Waals surface area contributed by atoms with E-state index >= 15 is 0 Å². The van der Waals surface area contributed by atoms with Gasteiger partial charge in [-0.2, -0.15) is 0 Å². The van der Waals surface area contributed by atoms with Crippen molar-refractivity contribution < 1.29 is 9.90 Å². The Bertz CT molecular complexity index is 500. The standard InChI is InChI=1S/C14H20ClN3O2S/c15-12-5-17-13(21-12)6-16-10-3-11(4-10)18(8-14(19)20)7-9-1-2-9/h5,9-11,16H,1-4,6-8H2,(H,19,20). The van der Waals surface area contributed by atoms with E-state index in [9.17, 15) is 4.79 Å². The van der Waals surface area contributed by atoms with Gasteiger partial charge in [-0.1, -0.05) is 11.6 Å². The molecule has 0 aromatic carbocycles. The molecule has 21 heavy (non-hydrogen) atoms. The van der Waals surface area contributed by atoms with Crippen molar-refractivity contribution in [1.29, 1.82) is 0 Å². The summed E-state index contributed by atoms with van der Waals surface area (Å²) in [5, 5.41) is 13.5. The van der Waals surface area contributed by atoms with E-state index < -0.39 is 5.97 Å². The molecule has 3 rings (SSSR count). The van der Waals surface area contributed by atoms with E-state index in [1.54, 1.807) is 6.20 Å². The molecule has 2 saturated carbocycles. The van der Waals surface area contributed by atoms with Gasteiger partial charge in [-0.15, -0.1) is 11.3 Å². The molecule has 0 amide bonds. The number of nitrogens with one attached hydrogen (secondary N) is 1. The molecule has 0 aliphatic heterocycles. The number of hydrogen-bond acceptors (Lipinski definition) is 5. The summed E-state index contributed by atoms with van der Waals surface area (Å²) in [5.41, 5.74) is 0. The van der Waals surface area contributed by atoms with Crippen molar-refractivity contribution in [3.8, 4) is 0 Å². The number of halogens is 1. The predicted molar refractivity (Wildman–Crippen MR) is 82.7 cm³/mol. The third-order valence-electron chi connectivity index (χ3n) is 4.22. The highest BCUT2D eigenvalue weighted by Crippen LogP contribution is 2.33. The zero-order chi connectivity index (χ0) is 14.8. The van der Waals surface area contributed by atoms with E-state index in [0.717, 1.165) is 41.2 Å². The molecule has 0 saturated heterocycles. The number of carboxylic acid groups (broad SMARTS) is 1.